The van der Waals surface area contributed by atoms with Crippen molar-refractivity contribution in [2.45, 2.75) is 31.1 Å². The molecule has 0 saturated carbocycles. The smallest absolute Gasteiger partial charge is 0.308 e. The first-order valence-corrected chi connectivity index (χ1v) is 8.77. The summed E-state index contributed by atoms with van der Waals surface area (Å²) in [6.45, 7) is 1.98. The van der Waals surface area contributed by atoms with E-state index in [4.69, 9.17) is 16.3 Å². The van der Waals surface area contributed by atoms with Crippen molar-refractivity contribution in [2.75, 3.05) is 26.3 Å². The molecule has 2 aliphatic heterocycles. The highest BCUT2D eigenvalue weighted by Crippen LogP contribution is 2.38. The largest absolute Gasteiger partial charge is 0.481 e. The molecule has 3 rings (SSSR count). The number of rotatable bonds is 3. The fourth-order valence-corrected chi connectivity index (χ4v) is 3.91. The number of carbonyl (C=O) groups excluding carboxylic acids is 1. The van der Waals surface area contributed by atoms with Gasteiger partial charge in [0.2, 0.25) is 5.91 Å². The Kier molecular flexibility index (Phi) is 5.11. The standard InChI is InChI=1S/C18H22ClNO4/c19-15-5-3-14(4-6-15)18(7-10-24-11-8-18)17(23)20-9-1-2-13(12-20)16(21)22/h3-6,13H,1-2,7-12H2,(H,21,22). The molecular weight excluding hydrogens is 330 g/mol. The molecule has 0 radical (unpaired) electrons. The van der Waals surface area contributed by atoms with Crippen molar-refractivity contribution >= 4 is 23.5 Å². The van der Waals surface area contributed by atoms with Crippen molar-refractivity contribution in [1.82, 2.24) is 4.90 Å². The molecule has 1 N–H and O–H groups in total. The Morgan fingerprint density at radius 1 is 1.21 bits per heavy atom. The summed E-state index contributed by atoms with van der Waals surface area (Å²) in [6.07, 6.45) is 2.59. The zero-order valence-corrected chi connectivity index (χ0v) is 14.3. The van der Waals surface area contributed by atoms with Gasteiger partial charge in [-0.1, -0.05) is 23.7 Å². The maximum Gasteiger partial charge on any atom is 0.308 e. The first kappa shape index (κ1) is 17.2. The molecular formula is C18H22ClNO4. The highest BCUT2D eigenvalue weighted by Gasteiger charge is 2.45. The van der Waals surface area contributed by atoms with Crippen LogP contribution in [-0.2, 0) is 19.7 Å². The number of hydrogen-bond donors (Lipinski definition) is 1. The van der Waals surface area contributed by atoms with Crippen molar-refractivity contribution in [3.63, 3.8) is 0 Å². The minimum Gasteiger partial charge on any atom is -0.481 e. The van der Waals surface area contributed by atoms with E-state index in [-0.39, 0.29) is 5.91 Å². The number of amides is 1. The van der Waals surface area contributed by atoms with Crippen LogP contribution in [0.1, 0.15) is 31.2 Å². The third-order valence-corrected chi connectivity index (χ3v) is 5.46. The van der Waals surface area contributed by atoms with Crippen LogP contribution in [0.4, 0.5) is 0 Å². The number of benzene rings is 1. The van der Waals surface area contributed by atoms with Gasteiger partial charge in [-0.2, -0.15) is 0 Å². The molecule has 1 amide bonds. The maximum atomic E-state index is 13.4. The van der Waals surface area contributed by atoms with Crippen LogP contribution in [0.15, 0.2) is 24.3 Å². The summed E-state index contributed by atoms with van der Waals surface area (Å²) in [5, 5.41) is 9.92. The van der Waals surface area contributed by atoms with Crippen LogP contribution in [0.25, 0.3) is 0 Å². The van der Waals surface area contributed by atoms with Crippen LogP contribution in [0.3, 0.4) is 0 Å². The normalized spacial score (nSPS) is 23.7. The van der Waals surface area contributed by atoms with E-state index < -0.39 is 17.3 Å². The molecule has 24 heavy (non-hydrogen) atoms. The summed E-state index contributed by atoms with van der Waals surface area (Å²) in [7, 11) is 0. The monoisotopic (exact) mass is 351 g/mol. The average molecular weight is 352 g/mol. The molecule has 1 unspecified atom stereocenters. The molecule has 0 bridgehead atoms. The Morgan fingerprint density at radius 3 is 2.50 bits per heavy atom. The van der Waals surface area contributed by atoms with E-state index in [1.165, 1.54) is 0 Å². The van der Waals surface area contributed by atoms with Crippen LogP contribution >= 0.6 is 11.6 Å². The lowest BCUT2D eigenvalue weighted by Gasteiger charge is -2.42. The van der Waals surface area contributed by atoms with Gasteiger partial charge in [0, 0.05) is 31.3 Å². The topological polar surface area (TPSA) is 66.8 Å². The van der Waals surface area contributed by atoms with Gasteiger partial charge in [0.05, 0.1) is 11.3 Å². The second-order valence-electron chi connectivity index (χ2n) is 6.63. The molecule has 1 aromatic carbocycles. The van der Waals surface area contributed by atoms with Crippen molar-refractivity contribution < 1.29 is 19.4 Å². The summed E-state index contributed by atoms with van der Waals surface area (Å²) in [6, 6.07) is 7.42. The van der Waals surface area contributed by atoms with Gasteiger partial charge < -0.3 is 14.7 Å². The second kappa shape index (κ2) is 7.11. The zero-order chi connectivity index (χ0) is 17.2. The molecule has 2 fully saturated rings. The third-order valence-electron chi connectivity index (χ3n) is 5.21. The average Bonchev–Trinajstić information content (AvgIpc) is 2.62. The number of carboxylic acids is 1. The minimum atomic E-state index is -0.819. The summed E-state index contributed by atoms with van der Waals surface area (Å²) in [5.74, 6) is -1.26. The number of carboxylic acid groups (broad SMARTS) is 1. The van der Waals surface area contributed by atoms with Gasteiger partial charge in [-0.05, 0) is 43.4 Å². The van der Waals surface area contributed by atoms with E-state index in [0.29, 0.717) is 50.6 Å². The fraction of sp³-hybridized carbons (Fsp3) is 0.556. The summed E-state index contributed by atoms with van der Waals surface area (Å²) >= 11 is 5.99. The molecule has 1 atom stereocenters. The molecule has 0 aromatic heterocycles. The van der Waals surface area contributed by atoms with Crippen molar-refractivity contribution in [1.29, 1.82) is 0 Å². The number of aliphatic carboxylic acids is 1. The van der Waals surface area contributed by atoms with Crippen LogP contribution in [0.5, 0.6) is 0 Å². The van der Waals surface area contributed by atoms with E-state index in [1.54, 1.807) is 17.0 Å². The van der Waals surface area contributed by atoms with E-state index >= 15 is 0 Å². The van der Waals surface area contributed by atoms with Gasteiger partial charge in [-0.25, -0.2) is 0 Å². The molecule has 1 aromatic rings. The molecule has 2 aliphatic rings. The van der Waals surface area contributed by atoms with Gasteiger partial charge in [-0.3, -0.25) is 9.59 Å². The minimum absolute atomic E-state index is 0.0269. The Balaban J connectivity index is 1.89. The van der Waals surface area contributed by atoms with Crippen molar-refractivity contribution in [3.05, 3.63) is 34.9 Å². The van der Waals surface area contributed by atoms with Gasteiger partial charge >= 0.3 is 5.97 Å². The highest BCUT2D eigenvalue weighted by molar-refractivity contribution is 6.30. The molecule has 0 aliphatic carbocycles. The summed E-state index contributed by atoms with van der Waals surface area (Å²) in [5.41, 5.74) is 0.307. The zero-order valence-electron chi connectivity index (χ0n) is 13.5. The summed E-state index contributed by atoms with van der Waals surface area (Å²) < 4.78 is 5.48. The molecule has 2 heterocycles. The summed E-state index contributed by atoms with van der Waals surface area (Å²) in [4.78, 5) is 26.4. The van der Waals surface area contributed by atoms with Crippen molar-refractivity contribution in [3.8, 4) is 0 Å². The van der Waals surface area contributed by atoms with Crippen LogP contribution < -0.4 is 0 Å². The molecule has 130 valence electrons. The number of ether oxygens (including phenoxy) is 1. The Morgan fingerprint density at radius 2 is 1.88 bits per heavy atom. The molecule has 0 spiro atoms. The van der Waals surface area contributed by atoms with Gasteiger partial charge in [0.1, 0.15) is 0 Å². The lowest BCUT2D eigenvalue weighted by atomic mass is 9.72. The number of halogens is 1. The third kappa shape index (κ3) is 3.28. The number of piperidine rings is 1. The van der Waals surface area contributed by atoms with E-state index in [1.807, 2.05) is 12.1 Å². The van der Waals surface area contributed by atoms with E-state index in [0.717, 1.165) is 12.0 Å². The van der Waals surface area contributed by atoms with E-state index in [9.17, 15) is 14.7 Å². The molecule has 6 heteroatoms. The lowest BCUT2D eigenvalue weighted by Crippen LogP contribution is -2.53. The van der Waals surface area contributed by atoms with Crippen LogP contribution in [-0.4, -0.2) is 48.2 Å². The first-order chi connectivity index (χ1) is 11.5. The maximum absolute atomic E-state index is 13.4. The predicted molar refractivity (Wildman–Crippen MR) is 90.1 cm³/mol. The SMILES string of the molecule is O=C(O)C1CCCN(C(=O)C2(c3ccc(Cl)cc3)CCOCC2)C1. The fourth-order valence-electron chi connectivity index (χ4n) is 3.78. The predicted octanol–water partition coefficient (Wildman–Crippen LogP) is 2.71. The Labute approximate surface area is 146 Å². The first-order valence-electron chi connectivity index (χ1n) is 8.39. The van der Waals surface area contributed by atoms with Gasteiger partial charge in [0.15, 0.2) is 0 Å². The van der Waals surface area contributed by atoms with Crippen LogP contribution in [0.2, 0.25) is 5.02 Å². The molecule has 5 nitrogen and oxygen atoms in total. The van der Waals surface area contributed by atoms with E-state index in [2.05, 4.69) is 0 Å². The number of nitrogens with zero attached hydrogens (tertiary/aromatic N) is 1. The lowest BCUT2D eigenvalue weighted by molar-refractivity contribution is -0.149. The Bertz CT molecular complexity index is 610. The number of hydrogen-bond acceptors (Lipinski definition) is 3. The number of likely N-dealkylation sites (tertiary alicyclic amines) is 1. The van der Waals surface area contributed by atoms with Crippen molar-refractivity contribution in [2.24, 2.45) is 5.92 Å². The van der Waals surface area contributed by atoms with Gasteiger partial charge in [-0.15, -0.1) is 0 Å². The highest BCUT2D eigenvalue weighted by atomic mass is 35.5. The second-order valence-corrected chi connectivity index (χ2v) is 7.07. The quantitative estimate of drug-likeness (QED) is 0.909. The van der Waals surface area contributed by atoms with Crippen LogP contribution in [0, 0.1) is 5.92 Å². The Hall–Kier alpha value is -1.59. The van der Waals surface area contributed by atoms with Gasteiger partial charge in [0.25, 0.3) is 0 Å². The number of carbonyl (C=O) groups is 2. The molecule has 2 saturated heterocycles.